The van der Waals surface area contributed by atoms with Crippen LogP contribution in [0.15, 0.2) is 24.4 Å². The van der Waals surface area contributed by atoms with Crippen LogP contribution >= 0.6 is 0 Å². The van der Waals surface area contributed by atoms with Crippen LogP contribution in [0, 0.1) is 0 Å². The molecule has 0 aromatic heterocycles. The average molecular weight is 144 g/mol. The molecule has 0 amide bonds. The zero-order valence-corrected chi connectivity index (χ0v) is 7.52. The molecule has 0 unspecified atom stereocenters. The minimum atomic E-state index is 1.01. The molecule has 0 aliphatic rings. The molecular weight excluding hydrogens is 124 g/mol. The molecule has 0 bridgehead atoms. The van der Waals surface area contributed by atoms with Gasteiger partial charge < -0.3 is 11.5 Å². The number of hydrogen-bond acceptors (Lipinski definition) is 2. The standard InChI is InChI=1S/C5H9N.C2H6.CH5N/c1-3-5(2)4-6;2*1-2/h3-4H,1,6H2,2H3;1-2H3;2H2,1H3/b5-4-;;. The van der Waals surface area contributed by atoms with Crippen molar-refractivity contribution in [2.24, 2.45) is 11.5 Å². The largest absolute Gasteiger partial charge is 0.404 e. The lowest BCUT2D eigenvalue weighted by molar-refractivity contribution is 1.44. The molecule has 0 radical (unpaired) electrons. The lowest BCUT2D eigenvalue weighted by atomic mass is 10.3. The normalized spacial score (nSPS) is 7.90. The molecule has 0 aromatic rings. The Morgan fingerprint density at radius 3 is 1.60 bits per heavy atom. The predicted molar refractivity (Wildman–Crippen MR) is 49.6 cm³/mol. The van der Waals surface area contributed by atoms with Crippen molar-refractivity contribution in [3.05, 3.63) is 24.4 Å². The fourth-order valence-corrected chi connectivity index (χ4v) is 0.0680. The Bertz CT molecular complexity index is 75.3. The van der Waals surface area contributed by atoms with Crippen LogP contribution in [0.2, 0.25) is 0 Å². The van der Waals surface area contributed by atoms with Gasteiger partial charge in [0, 0.05) is 0 Å². The second-order valence-electron chi connectivity index (χ2n) is 1.11. The van der Waals surface area contributed by atoms with Crippen molar-refractivity contribution >= 4 is 0 Å². The van der Waals surface area contributed by atoms with E-state index in [2.05, 4.69) is 12.3 Å². The minimum absolute atomic E-state index is 1.01. The zero-order chi connectivity index (χ0) is 8.99. The van der Waals surface area contributed by atoms with Gasteiger partial charge in [0.1, 0.15) is 0 Å². The molecule has 4 N–H and O–H groups in total. The Labute approximate surface area is 64.6 Å². The van der Waals surface area contributed by atoms with Gasteiger partial charge in [-0.3, -0.25) is 0 Å². The number of nitrogens with two attached hydrogens (primary N) is 2. The first-order valence-corrected chi connectivity index (χ1v) is 3.40. The summed E-state index contributed by atoms with van der Waals surface area (Å²) < 4.78 is 0. The van der Waals surface area contributed by atoms with Crippen molar-refractivity contribution in [2.45, 2.75) is 20.8 Å². The molecule has 0 fully saturated rings. The third-order valence-electron chi connectivity index (χ3n) is 0.585. The first-order chi connectivity index (χ1) is 4.81. The molecule has 0 aromatic carbocycles. The summed E-state index contributed by atoms with van der Waals surface area (Å²) in [6, 6.07) is 0. The summed E-state index contributed by atoms with van der Waals surface area (Å²) in [4.78, 5) is 0. The van der Waals surface area contributed by atoms with Crippen molar-refractivity contribution in [2.75, 3.05) is 7.05 Å². The highest BCUT2D eigenvalue weighted by Gasteiger charge is 1.67. The summed E-state index contributed by atoms with van der Waals surface area (Å²) in [5.41, 5.74) is 10.6. The average Bonchev–Trinajstić information content (AvgIpc) is 2.10. The van der Waals surface area contributed by atoms with Gasteiger partial charge in [-0.2, -0.15) is 0 Å². The molecule has 0 saturated carbocycles. The van der Waals surface area contributed by atoms with Crippen LogP contribution < -0.4 is 11.5 Å². The van der Waals surface area contributed by atoms with E-state index in [4.69, 9.17) is 5.73 Å². The van der Waals surface area contributed by atoms with E-state index in [9.17, 15) is 0 Å². The fraction of sp³-hybridized carbons (Fsp3) is 0.500. The molecule has 0 atom stereocenters. The van der Waals surface area contributed by atoms with E-state index in [1.807, 2.05) is 20.8 Å². The zero-order valence-electron chi connectivity index (χ0n) is 7.52. The van der Waals surface area contributed by atoms with Crippen molar-refractivity contribution in [1.29, 1.82) is 0 Å². The van der Waals surface area contributed by atoms with Crippen LogP contribution in [-0.2, 0) is 0 Å². The number of rotatable bonds is 1. The van der Waals surface area contributed by atoms with Gasteiger partial charge >= 0.3 is 0 Å². The topological polar surface area (TPSA) is 52.0 Å². The van der Waals surface area contributed by atoms with Crippen LogP contribution in [0.1, 0.15) is 20.8 Å². The third-order valence-corrected chi connectivity index (χ3v) is 0.585. The monoisotopic (exact) mass is 144 g/mol. The Hall–Kier alpha value is -0.760. The first-order valence-electron chi connectivity index (χ1n) is 3.40. The van der Waals surface area contributed by atoms with E-state index >= 15 is 0 Å². The van der Waals surface area contributed by atoms with Crippen LogP contribution in [0.5, 0.6) is 0 Å². The van der Waals surface area contributed by atoms with Crippen LogP contribution in [0.3, 0.4) is 0 Å². The Kier molecular flexibility index (Phi) is 38.7. The van der Waals surface area contributed by atoms with Crippen LogP contribution in [-0.4, -0.2) is 7.05 Å². The molecule has 0 aliphatic heterocycles. The smallest absolute Gasteiger partial charge is 0.00328 e. The maximum Gasteiger partial charge on any atom is -0.00328 e. The van der Waals surface area contributed by atoms with Gasteiger partial charge in [-0.25, -0.2) is 0 Å². The second-order valence-corrected chi connectivity index (χ2v) is 1.11. The van der Waals surface area contributed by atoms with E-state index in [0.29, 0.717) is 0 Å². The molecule has 0 aliphatic carbocycles. The first kappa shape index (κ1) is 16.1. The van der Waals surface area contributed by atoms with E-state index in [-0.39, 0.29) is 0 Å². The molecule has 0 saturated heterocycles. The van der Waals surface area contributed by atoms with Gasteiger partial charge in [-0.15, -0.1) is 0 Å². The maximum atomic E-state index is 5.05. The van der Waals surface area contributed by atoms with E-state index in [1.165, 1.54) is 13.2 Å². The van der Waals surface area contributed by atoms with Crippen molar-refractivity contribution in [3.8, 4) is 0 Å². The summed E-state index contributed by atoms with van der Waals surface area (Å²) in [5, 5.41) is 0. The Morgan fingerprint density at radius 1 is 1.30 bits per heavy atom. The number of hydrogen-bond donors (Lipinski definition) is 2. The maximum absolute atomic E-state index is 5.05. The third kappa shape index (κ3) is 26.9. The summed E-state index contributed by atoms with van der Waals surface area (Å²) >= 11 is 0. The highest BCUT2D eigenvalue weighted by atomic mass is 14.5. The van der Waals surface area contributed by atoms with Crippen molar-refractivity contribution in [3.63, 3.8) is 0 Å². The summed E-state index contributed by atoms with van der Waals surface area (Å²) in [6.45, 7) is 9.38. The van der Waals surface area contributed by atoms with Gasteiger partial charge in [0.2, 0.25) is 0 Å². The van der Waals surface area contributed by atoms with E-state index in [0.717, 1.165) is 5.57 Å². The highest BCUT2D eigenvalue weighted by molar-refractivity contribution is 5.10. The quantitative estimate of drug-likeness (QED) is 0.550. The van der Waals surface area contributed by atoms with Crippen LogP contribution in [0.25, 0.3) is 0 Å². The van der Waals surface area contributed by atoms with E-state index in [1.54, 1.807) is 6.08 Å². The molecule has 2 nitrogen and oxygen atoms in total. The molecule has 0 heterocycles. The van der Waals surface area contributed by atoms with Crippen molar-refractivity contribution in [1.82, 2.24) is 0 Å². The molecule has 62 valence electrons. The van der Waals surface area contributed by atoms with E-state index < -0.39 is 0 Å². The lowest BCUT2D eigenvalue weighted by Crippen LogP contribution is -1.78. The molecule has 0 rings (SSSR count). The Balaban J connectivity index is -0.000000105. The van der Waals surface area contributed by atoms with Gasteiger partial charge in [-0.05, 0) is 25.7 Å². The molecular formula is C8H20N2. The fourth-order valence-electron chi connectivity index (χ4n) is 0.0680. The SMILES string of the molecule is C=C/C(C)=C\N.CC.CN. The lowest BCUT2D eigenvalue weighted by Gasteiger charge is -1.78. The summed E-state index contributed by atoms with van der Waals surface area (Å²) in [7, 11) is 1.50. The number of allylic oxidation sites excluding steroid dienone is 2. The van der Waals surface area contributed by atoms with Crippen LogP contribution in [0.4, 0.5) is 0 Å². The summed E-state index contributed by atoms with van der Waals surface area (Å²) in [5.74, 6) is 0. The highest BCUT2D eigenvalue weighted by Crippen LogP contribution is 1.84. The second kappa shape index (κ2) is 24.0. The van der Waals surface area contributed by atoms with Crippen molar-refractivity contribution < 1.29 is 0 Å². The Morgan fingerprint density at radius 2 is 1.60 bits per heavy atom. The summed E-state index contributed by atoms with van der Waals surface area (Å²) in [6.07, 6.45) is 3.23. The van der Waals surface area contributed by atoms with Gasteiger partial charge in [-0.1, -0.05) is 26.5 Å². The van der Waals surface area contributed by atoms with Gasteiger partial charge in [0.15, 0.2) is 0 Å². The van der Waals surface area contributed by atoms with Gasteiger partial charge in [0.05, 0.1) is 0 Å². The molecule has 10 heavy (non-hydrogen) atoms. The predicted octanol–water partition coefficient (Wildman–Crippen LogP) is 1.64. The molecule has 2 heteroatoms. The minimum Gasteiger partial charge on any atom is -0.404 e. The van der Waals surface area contributed by atoms with Gasteiger partial charge in [0.25, 0.3) is 0 Å². The molecule has 0 spiro atoms.